The van der Waals surface area contributed by atoms with E-state index in [4.69, 9.17) is 14.9 Å². The fourth-order valence-electron chi connectivity index (χ4n) is 1.60. The molecule has 0 unspecified atom stereocenters. The minimum absolute atomic E-state index is 0.0675. The first-order chi connectivity index (χ1) is 9.79. The van der Waals surface area contributed by atoms with Crippen LogP contribution in [-0.2, 0) is 9.59 Å². The van der Waals surface area contributed by atoms with Crippen molar-refractivity contribution in [1.82, 2.24) is 5.32 Å². The van der Waals surface area contributed by atoms with E-state index in [2.05, 4.69) is 5.32 Å². The number of hydrogen-bond acceptors (Lipinski definition) is 4. The lowest BCUT2D eigenvalue weighted by molar-refractivity contribution is -0.145. The lowest BCUT2D eigenvalue weighted by Crippen LogP contribution is -2.42. The van der Waals surface area contributed by atoms with Crippen LogP contribution in [0, 0.1) is 0 Å². The number of carbonyl (C=O) groups is 3. The van der Waals surface area contributed by atoms with Gasteiger partial charge in [-0.3, -0.25) is 9.59 Å². The lowest BCUT2D eigenvalue weighted by Gasteiger charge is -2.14. The summed E-state index contributed by atoms with van der Waals surface area (Å²) in [6.07, 6.45) is -0.759. The van der Waals surface area contributed by atoms with Crippen molar-refractivity contribution in [2.24, 2.45) is 0 Å². The fraction of sp³-hybridized carbons (Fsp3) is 0.357. The summed E-state index contributed by atoms with van der Waals surface area (Å²) in [6, 6.07) is 4.74. The Bertz CT molecular complexity index is 540. The van der Waals surface area contributed by atoms with Crippen LogP contribution >= 0.6 is 0 Å². The van der Waals surface area contributed by atoms with Gasteiger partial charge in [-0.1, -0.05) is 6.07 Å². The van der Waals surface area contributed by atoms with Crippen molar-refractivity contribution in [2.45, 2.75) is 32.4 Å². The molecule has 1 aromatic carbocycles. The highest BCUT2D eigenvalue weighted by molar-refractivity contribution is 5.97. The molecule has 0 aliphatic rings. The van der Waals surface area contributed by atoms with Crippen LogP contribution in [0.1, 0.15) is 30.6 Å². The van der Waals surface area contributed by atoms with E-state index in [0.29, 0.717) is 5.75 Å². The highest BCUT2D eigenvalue weighted by atomic mass is 16.5. The number of aliphatic carboxylic acids is 2. The van der Waals surface area contributed by atoms with Crippen molar-refractivity contribution < 1.29 is 29.3 Å². The molecule has 0 aliphatic heterocycles. The normalized spacial score (nSPS) is 11.8. The first-order valence-corrected chi connectivity index (χ1v) is 6.31. The zero-order valence-electron chi connectivity index (χ0n) is 11.7. The number of carboxylic acid groups (broad SMARTS) is 2. The van der Waals surface area contributed by atoms with Gasteiger partial charge in [-0.05, 0) is 32.0 Å². The molecule has 0 saturated heterocycles. The maximum atomic E-state index is 12.0. The maximum absolute atomic E-state index is 12.0. The van der Waals surface area contributed by atoms with Gasteiger partial charge < -0.3 is 20.3 Å². The number of ether oxygens (including phenoxy) is 1. The minimum Gasteiger partial charge on any atom is -0.491 e. The number of carboxylic acids is 2. The molecule has 3 N–H and O–H groups in total. The summed E-state index contributed by atoms with van der Waals surface area (Å²) < 4.78 is 5.43. The van der Waals surface area contributed by atoms with Crippen LogP contribution in [0.3, 0.4) is 0 Å². The second-order valence-electron chi connectivity index (χ2n) is 4.66. The molecule has 0 spiro atoms. The number of amides is 1. The van der Waals surface area contributed by atoms with Crippen LogP contribution in [0.5, 0.6) is 5.75 Å². The molecule has 0 bridgehead atoms. The van der Waals surface area contributed by atoms with Gasteiger partial charge >= 0.3 is 11.9 Å². The molecule has 0 radical (unpaired) electrons. The van der Waals surface area contributed by atoms with Crippen LogP contribution in [-0.4, -0.2) is 40.2 Å². The van der Waals surface area contributed by atoms with Gasteiger partial charge in [-0.25, -0.2) is 4.79 Å². The third-order valence-electron chi connectivity index (χ3n) is 2.45. The topological polar surface area (TPSA) is 113 Å². The Morgan fingerprint density at radius 1 is 1.24 bits per heavy atom. The summed E-state index contributed by atoms with van der Waals surface area (Å²) in [4.78, 5) is 33.4. The van der Waals surface area contributed by atoms with E-state index in [1.807, 2.05) is 13.8 Å². The largest absolute Gasteiger partial charge is 0.491 e. The summed E-state index contributed by atoms with van der Waals surface area (Å²) >= 11 is 0. The van der Waals surface area contributed by atoms with Gasteiger partial charge in [0.1, 0.15) is 11.8 Å². The molecule has 1 rings (SSSR count). The summed E-state index contributed by atoms with van der Waals surface area (Å²) in [6.45, 7) is 3.67. The van der Waals surface area contributed by atoms with E-state index in [9.17, 15) is 14.4 Å². The van der Waals surface area contributed by atoms with Crippen molar-refractivity contribution in [3.8, 4) is 5.75 Å². The molecule has 0 heterocycles. The molecule has 0 saturated carbocycles. The van der Waals surface area contributed by atoms with Crippen molar-refractivity contribution >= 4 is 17.8 Å². The average molecular weight is 295 g/mol. The van der Waals surface area contributed by atoms with E-state index >= 15 is 0 Å². The molecule has 0 aromatic heterocycles. The van der Waals surface area contributed by atoms with Crippen molar-refractivity contribution in [3.63, 3.8) is 0 Å². The third-order valence-corrected chi connectivity index (χ3v) is 2.45. The molecule has 114 valence electrons. The SMILES string of the molecule is CC(C)Oc1cccc(C(=O)N[C@H](CC(=O)O)C(=O)O)c1. The highest BCUT2D eigenvalue weighted by Gasteiger charge is 2.23. The average Bonchev–Trinajstić information content (AvgIpc) is 2.36. The van der Waals surface area contributed by atoms with Crippen LogP contribution in [0.15, 0.2) is 24.3 Å². The predicted octanol–water partition coefficient (Wildman–Crippen LogP) is 1.13. The lowest BCUT2D eigenvalue weighted by atomic mass is 10.1. The van der Waals surface area contributed by atoms with Gasteiger partial charge in [-0.2, -0.15) is 0 Å². The van der Waals surface area contributed by atoms with Gasteiger partial charge in [-0.15, -0.1) is 0 Å². The second kappa shape index (κ2) is 7.28. The molecule has 21 heavy (non-hydrogen) atoms. The Labute approximate surface area is 121 Å². The third kappa shape index (κ3) is 5.52. The highest BCUT2D eigenvalue weighted by Crippen LogP contribution is 2.15. The monoisotopic (exact) mass is 295 g/mol. The first kappa shape index (κ1) is 16.5. The molecule has 1 aromatic rings. The quantitative estimate of drug-likeness (QED) is 0.695. The predicted molar refractivity (Wildman–Crippen MR) is 73.3 cm³/mol. The van der Waals surface area contributed by atoms with Crippen LogP contribution in [0.25, 0.3) is 0 Å². The number of rotatable bonds is 7. The molecule has 7 nitrogen and oxygen atoms in total. The van der Waals surface area contributed by atoms with E-state index in [1.165, 1.54) is 12.1 Å². The molecule has 7 heteroatoms. The summed E-state index contributed by atoms with van der Waals surface area (Å²) in [5, 5.41) is 19.7. The van der Waals surface area contributed by atoms with E-state index in [0.717, 1.165) is 0 Å². The Morgan fingerprint density at radius 3 is 2.43 bits per heavy atom. The Morgan fingerprint density at radius 2 is 1.90 bits per heavy atom. The fourth-order valence-corrected chi connectivity index (χ4v) is 1.60. The van der Waals surface area contributed by atoms with Crippen LogP contribution in [0.2, 0.25) is 0 Å². The number of benzene rings is 1. The van der Waals surface area contributed by atoms with Gasteiger partial charge in [0.05, 0.1) is 12.5 Å². The standard InChI is InChI=1S/C14H17NO6/c1-8(2)21-10-5-3-4-9(6-10)13(18)15-11(14(19)20)7-12(16)17/h3-6,8,11H,7H2,1-2H3,(H,15,18)(H,16,17)(H,19,20)/t11-/m1/s1. The number of hydrogen-bond donors (Lipinski definition) is 3. The summed E-state index contributed by atoms with van der Waals surface area (Å²) in [5.41, 5.74) is 0.199. The van der Waals surface area contributed by atoms with Gasteiger partial charge in [0.15, 0.2) is 0 Å². The molecule has 1 atom stereocenters. The van der Waals surface area contributed by atoms with Gasteiger partial charge in [0, 0.05) is 5.56 Å². The van der Waals surface area contributed by atoms with Gasteiger partial charge in [0.25, 0.3) is 5.91 Å². The smallest absolute Gasteiger partial charge is 0.326 e. The second-order valence-corrected chi connectivity index (χ2v) is 4.66. The Balaban J connectivity index is 2.82. The molecule has 0 aliphatic carbocycles. The first-order valence-electron chi connectivity index (χ1n) is 6.31. The van der Waals surface area contributed by atoms with Gasteiger partial charge in [0.2, 0.25) is 0 Å². The number of carbonyl (C=O) groups excluding carboxylic acids is 1. The van der Waals surface area contributed by atoms with E-state index in [1.54, 1.807) is 12.1 Å². The van der Waals surface area contributed by atoms with Crippen molar-refractivity contribution in [3.05, 3.63) is 29.8 Å². The molecular formula is C14H17NO6. The Kier molecular flexibility index (Phi) is 5.71. The maximum Gasteiger partial charge on any atom is 0.326 e. The van der Waals surface area contributed by atoms with E-state index in [-0.39, 0.29) is 11.7 Å². The zero-order chi connectivity index (χ0) is 16.0. The summed E-state index contributed by atoms with van der Waals surface area (Å²) in [7, 11) is 0. The molecule has 1 amide bonds. The zero-order valence-corrected chi connectivity index (χ0v) is 11.7. The Hall–Kier alpha value is -2.57. The van der Waals surface area contributed by atoms with Crippen LogP contribution in [0.4, 0.5) is 0 Å². The molecular weight excluding hydrogens is 278 g/mol. The van der Waals surface area contributed by atoms with E-state index < -0.39 is 30.3 Å². The van der Waals surface area contributed by atoms with Crippen molar-refractivity contribution in [1.29, 1.82) is 0 Å². The van der Waals surface area contributed by atoms with Crippen LogP contribution < -0.4 is 10.1 Å². The minimum atomic E-state index is -1.48. The van der Waals surface area contributed by atoms with Crippen molar-refractivity contribution in [2.75, 3.05) is 0 Å². The molecule has 0 fully saturated rings. The number of nitrogens with one attached hydrogen (secondary N) is 1. The summed E-state index contributed by atoms with van der Waals surface area (Å²) in [5.74, 6) is -2.90.